The van der Waals surface area contributed by atoms with Gasteiger partial charge in [-0.3, -0.25) is 4.79 Å². The molecule has 0 aromatic heterocycles. The van der Waals surface area contributed by atoms with Gasteiger partial charge < -0.3 is 10.6 Å². The van der Waals surface area contributed by atoms with Gasteiger partial charge in [-0.05, 0) is 31.2 Å². The zero-order valence-electron chi connectivity index (χ0n) is 11.4. The van der Waals surface area contributed by atoms with Gasteiger partial charge in [-0.25, -0.2) is 18.0 Å². The van der Waals surface area contributed by atoms with Crippen molar-refractivity contribution in [1.82, 2.24) is 0 Å². The van der Waals surface area contributed by atoms with E-state index in [1.54, 1.807) is 12.1 Å². The molecule has 2 rings (SSSR count). The molecular formula is C15H11F3N2O2. The van der Waals surface area contributed by atoms with Crippen LogP contribution in [0.5, 0.6) is 0 Å². The Morgan fingerprint density at radius 2 is 1.68 bits per heavy atom. The van der Waals surface area contributed by atoms with E-state index in [0.29, 0.717) is 17.3 Å². The number of urea groups is 1. The number of hydrogen-bond acceptors (Lipinski definition) is 2. The standard InChI is InChI=1S/C15H11F3N2O2/c1-8(21)9-3-2-4-10(7-9)19-15(22)20-12-6-5-11(16)13(17)14(12)18/h2-7H,1H3,(H2,19,20,22). The Morgan fingerprint density at radius 1 is 0.955 bits per heavy atom. The molecule has 114 valence electrons. The van der Waals surface area contributed by atoms with Crippen LogP contribution in [0.15, 0.2) is 36.4 Å². The molecule has 0 fully saturated rings. The Kier molecular flexibility index (Phi) is 4.45. The van der Waals surface area contributed by atoms with E-state index in [2.05, 4.69) is 10.6 Å². The lowest BCUT2D eigenvalue weighted by Crippen LogP contribution is -2.20. The molecule has 4 nitrogen and oxygen atoms in total. The third-order valence-corrected chi connectivity index (χ3v) is 2.81. The van der Waals surface area contributed by atoms with Crippen LogP contribution in [0.3, 0.4) is 0 Å². The molecule has 0 bridgehead atoms. The molecule has 0 saturated heterocycles. The van der Waals surface area contributed by atoms with Crippen LogP contribution >= 0.6 is 0 Å². The van der Waals surface area contributed by atoms with Crippen LogP contribution in [0.25, 0.3) is 0 Å². The smallest absolute Gasteiger partial charge is 0.308 e. The zero-order valence-corrected chi connectivity index (χ0v) is 11.4. The van der Waals surface area contributed by atoms with Gasteiger partial charge in [-0.1, -0.05) is 12.1 Å². The summed E-state index contributed by atoms with van der Waals surface area (Å²) in [6, 6.07) is 6.83. The van der Waals surface area contributed by atoms with E-state index < -0.39 is 29.2 Å². The number of nitrogens with one attached hydrogen (secondary N) is 2. The van der Waals surface area contributed by atoms with Gasteiger partial charge in [0, 0.05) is 11.3 Å². The number of carbonyl (C=O) groups excluding carboxylic acids is 2. The minimum absolute atomic E-state index is 0.185. The molecular weight excluding hydrogens is 297 g/mol. The summed E-state index contributed by atoms with van der Waals surface area (Å²) in [5, 5.41) is 4.42. The van der Waals surface area contributed by atoms with E-state index in [-0.39, 0.29) is 5.78 Å². The van der Waals surface area contributed by atoms with Crippen LogP contribution in [0.4, 0.5) is 29.3 Å². The van der Waals surface area contributed by atoms with Crippen LogP contribution in [-0.4, -0.2) is 11.8 Å². The highest BCUT2D eigenvalue weighted by Gasteiger charge is 2.15. The maximum Gasteiger partial charge on any atom is 0.323 e. The number of anilines is 2. The number of amides is 2. The summed E-state index contributed by atoms with van der Waals surface area (Å²) in [5.41, 5.74) is 0.184. The van der Waals surface area contributed by atoms with Gasteiger partial charge in [0.25, 0.3) is 0 Å². The summed E-state index contributed by atoms with van der Waals surface area (Å²) in [6.07, 6.45) is 0. The lowest BCUT2D eigenvalue weighted by atomic mass is 10.1. The quantitative estimate of drug-likeness (QED) is 0.666. The van der Waals surface area contributed by atoms with Crippen molar-refractivity contribution < 1.29 is 22.8 Å². The number of benzene rings is 2. The third-order valence-electron chi connectivity index (χ3n) is 2.81. The highest BCUT2D eigenvalue weighted by Crippen LogP contribution is 2.20. The number of carbonyl (C=O) groups is 2. The first-order chi connectivity index (χ1) is 10.4. The fourth-order valence-corrected chi connectivity index (χ4v) is 1.72. The van der Waals surface area contributed by atoms with E-state index in [9.17, 15) is 22.8 Å². The van der Waals surface area contributed by atoms with Crippen LogP contribution in [0.2, 0.25) is 0 Å². The Morgan fingerprint density at radius 3 is 2.36 bits per heavy atom. The van der Waals surface area contributed by atoms with E-state index in [4.69, 9.17) is 0 Å². The third kappa shape index (κ3) is 3.43. The van der Waals surface area contributed by atoms with Crippen molar-refractivity contribution in [3.63, 3.8) is 0 Å². The first-order valence-corrected chi connectivity index (χ1v) is 6.21. The van der Waals surface area contributed by atoms with Crippen LogP contribution in [0.1, 0.15) is 17.3 Å². The molecule has 0 aliphatic rings. The summed E-state index contributed by atoms with van der Waals surface area (Å²) in [7, 11) is 0. The fraction of sp³-hybridized carbons (Fsp3) is 0.0667. The van der Waals surface area contributed by atoms with Gasteiger partial charge in [0.2, 0.25) is 0 Å². The van der Waals surface area contributed by atoms with Gasteiger partial charge in [-0.15, -0.1) is 0 Å². The van der Waals surface area contributed by atoms with Crippen molar-refractivity contribution in [1.29, 1.82) is 0 Å². The summed E-state index contributed by atoms with van der Waals surface area (Å²) < 4.78 is 39.3. The van der Waals surface area contributed by atoms with Crippen molar-refractivity contribution >= 4 is 23.2 Å². The Labute approximate surface area is 124 Å². The monoisotopic (exact) mass is 308 g/mol. The topological polar surface area (TPSA) is 58.2 Å². The Balaban J connectivity index is 2.12. The molecule has 0 heterocycles. The molecule has 0 unspecified atom stereocenters. The normalized spacial score (nSPS) is 10.2. The first kappa shape index (κ1) is 15.6. The van der Waals surface area contributed by atoms with E-state index in [1.165, 1.54) is 19.1 Å². The minimum Gasteiger partial charge on any atom is -0.308 e. The second kappa shape index (κ2) is 6.30. The first-order valence-electron chi connectivity index (χ1n) is 6.21. The lowest BCUT2D eigenvalue weighted by molar-refractivity contribution is 0.101. The average molecular weight is 308 g/mol. The summed E-state index contributed by atoms with van der Waals surface area (Å²) in [6.45, 7) is 1.37. The molecule has 2 N–H and O–H groups in total. The maximum absolute atomic E-state index is 13.4. The van der Waals surface area contributed by atoms with Crippen molar-refractivity contribution in [3.05, 3.63) is 59.4 Å². The zero-order chi connectivity index (χ0) is 16.3. The summed E-state index contributed by atoms with van der Waals surface area (Å²) in [5.74, 6) is -4.70. The molecule has 7 heteroatoms. The lowest BCUT2D eigenvalue weighted by Gasteiger charge is -2.09. The maximum atomic E-state index is 13.4. The predicted octanol–water partition coefficient (Wildman–Crippen LogP) is 3.95. The molecule has 2 amide bonds. The van der Waals surface area contributed by atoms with E-state index in [0.717, 1.165) is 6.07 Å². The molecule has 0 radical (unpaired) electrons. The van der Waals surface area contributed by atoms with Gasteiger partial charge in [-0.2, -0.15) is 0 Å². The number of halogens is 3. The van der Waals surface area contributed by atoms with Crippen molar-refractivity contribution in [3.8, 4) is 0 Å². The highest BCUT2D eigenvalue weighted by molar-refractivity contribution is 6.01. The SMILES string of the molecule is CC(=O)c1cccc(NC(=O)Nc2ccc(F)c(F)c2F)c1. The van der Waals surface area contributed by atoms with E-state index in [1.807, 2.05) is 0 Å². The highest BCUT2D eigenvalue weighted by atomic mass is 19.2. The molecule has 2 aromatic carbocycles. The molecule has 0 atom stereocenters. The van der Waals surface area contributed by atoms with Crippen molar-refractivity contribution in [2.45, 2.75) is 6.92 Å². The van der Waals surface area contributed by atoms with Gasteiger partial charge in [0.15, 0.2) is 23.2 Å². The van der Waals surface area contributed by atoms with Crippen LogP contribution in [-0.2, 0) is 0 Å². The number of Topliss-reactive ketones (excluding diaryl/α,β-unsaturated/α-hetero) is 1. The number of hydrogen-bond donors (Lipinski definition) is 2. The summed E-state index contributed by atoms with van der Waals surface area (Å²) >= 11 is 0. The molecule has 0 spiro atoms. The number of ketones is 1. The van der Waals surface area contributed by atoms with Crippen molar-refractivity contribution in [2.75, 3.05) is 10.6 Å². The number of rotatable bonds is 3. The van der Waals surface area contributed by atoms with Crippen LogP contribution < -0.4 is 10.6 Å². The van der Waals surface area contributed by atoms with Gasteiger partial charge >= 0.3 is 6.03 Å². The van der Waals surface area contributed by atoms with Crippen LogP contribution in [0, 0.1) is 17.5 Å². The molecule has 22 heavy (non-hydrogen) atoms. The second-order valence-electron chi connectivity index (χ2n) is 4.44. The van der Waals surface area contributed by atoms with Crippen molar-refractivity contribution in [2.24, 2.45) is 0 Å². The average Bonchev–Trinajstić information content (AvgIpc) is 2.48. The van der Waals surface area contributed by atoms with Gasteiger partial charge in [0.1, 0.15) is 0 Å². The Bertz CT molecular complexity index is 748. The molecule has 2 aromatic rings. The fourth-order valence-electron chi connectivity index (χ4n) is 1.72. The predicted molar refractivity (Wildman–Crippen MR) is 75.4 cm³/mol. The van der Waals surface area contributed by atoms with E-state index >= 15 is 0 Å². The molecule has 0 aliphatic heterocycles. The molecule has 0 aliphatic carbocycles. The summed E-state index contributed by atoms with van der Waals surface area (Å²) in [4.78, 5) is 23.0. The largest absolute Gasteiger partial charge is 0.323 e. The minimum atomic E-state index is -1.67. The molecule has 0 saturated carbocycles. The second-order valence-corrected chi connectivity index (χ2v) is 4.44. The van der Waals surface area contributed by atoms with Gasteiger partial charge in [0.05, 0.1) is 5.69 Å². The Hall–Kier alpha value is -2.83.